The minimum absolute atomic E-state index is 0.118. The molecule has 3 heterocycles. The Bertz CT molecular complexity index is 1010. The number of hydrogen-bond acceptors (Lipinski definition) is 6. The molecule has 7 heteroatoms. The highest BCUT2D eigenvalue weighted by Gasteiger charge is 2.30. The predicted molar refractivity (Wildman–Crippen MR) is 93.4 cm³/mol. The maximum Gasteiger partial charge on any atom is 0.273 e. The fraction of sp³-hybridized carbons (Fsp3) is 0.211. The third-order valence-electron chi connectivity index (χ3n) is 4.36. The van der Waals surface area contributed by atoms with Gasteiger partial charge < -0.3 is 9.64 Å². The Balaban J connectivity index is 1.52. The van der Waals surface area contributed by atoms with Gasteiger partial charge in [0.15, 0.2) is 0 Å². The first-order valence-electron chi connectivity index (χ1n) is 8.27. The summed E-state index contributed by atoms with van der Waals surface area (Å²) in [5.74, 6) is 0.0881. The Hall–Kier alpha value is -3.53. The number of ether oxygens (including phenoxy) is 1. The summed E-state index contributed by atoms with van der Waals surface area (Å²) >= 11 is 0. The van der Waals surface area contributed by atoms with Crippen LogP contribution >= 0.6 is 0 Å². The molecular weight excluding hydrogens is 330 g/mol. The van der Waals surface area contributed by atoms with Crippen LogP contribution in [-0.4, -0.2) is 45.0 Å². The van der Waals surface area contributed by atoms with Crippen molar-refractivity contribution in [2.24, 2.45) is 0 Å². The molecule has 7 nitrogen and oxygen atoms in total. The van der Waals surface area contributed by atoms with Crippen molar-refractivity contribution >= 4 is 16.7 Å². The number of likely N-dealkylation sites (tertiary alicyclic amines) is 1. The van der Waals surface area contributed by atoms with Gasteiger partial charge in [0, 0.05) is 36.9 Å². The number of fused-ring (bicyclic) bond motifs is 1. The van der Waals surface area contributed by atoms with Crippen molar-refractivity contribution in [1.82, 2.24) is 19.9 Å². The highest BCUT2D eigenvalue weighted by atomic mass is 16.5. The fourth-order valence-corrected chi connectivity index (χ4v) is 3.09. The molecule has 1 unspecified atom stereocenters. The summed E-state index contributed by atoms with van der Waals surface area (Å²) < 4.78 is 5.79. The minimum Gasteiger partial charge on any atom is -0.470 e. The zero-order valence-corrected chi connectivity index (χ0v) is 13.9. The number of benzene rings is 1. The molecule has 1 saturated heterocycles. The highest BCUT2D eigenvalue weighted by Crippen LogP contribution is 2.22. The Morgan fingerprint density at radius 1 is 1.15 bits per heavy atom. The molecule has 0 spiro atoms. The molecular formula is C19H15N5O2. The lowest BCUT2D eigenvalue weighted by molar-refractivity contribution is 0.0767. The van der Waals surface area contributed by atoms with Crippen LogP contribution in [0.3, 0.4) is 0 Å². The average Bonchev–Trinajstić information content (AvgIpc) is 3.16. The number of carbonyl (C=O) groups excluding carboxylic acids is 1. The van der Waals surface area contributed by atoms with Crippen LogP contribution in [0.25, 0.3) is 10.8 Å². The van der Waals surface area contributed by atoms with Gasteiger partial charge in [0.25, 0.3) is 11.8 Å². The average molecular weight is 345 g/mol. The lowest BCUT2D eigenvalue weighted by atomic mass is 10.1. The van der Waals surface area contributed by atoms with E-state index in [0.29, 0.717) is 25.2 Å². The second-order valence-corrected chi connectivity index (χ2v) is 5.98. The second kappa shape index (κ2) is 6.76. The van der Waals surface area contributed by atoms with Crippen LogP contribution in [0.4, 0.5) is 0 Å². The van der Waals surface area contributed by atoms with Crippen LogP contribution in [0.2, 0.25) is 0 Å². The molecule has 1 aromatic carbocycles. The van der Waals surface area contributed by atoms with Crippen molar-refractivity contribution < 1.29 is 9.53 Å². The van der Waals surface area contributed by atoms with E-state index in [2.05, 4.69) is 15.0 Å². The summed E-state index contributed by atoms with van der Waals surface area (Å²) in [6.07, 6.45) is 5.02. The molecule has 0 radical (unpaired) electrons. The Morgan fingerprint density at radius 3 is 2.88 bits per heavy atom. The SMILES string of the molecule is N#Cc1nccnc1OC1CCN(C(=O)c2nccc3ccccc23)C1. The highest BCUT2D eigenvalue weighted by molar-refractivity contribution is 6.05. The molecule has 1 aliphatic rings. The molecule has 0 bridgehead atoms. The van der Waals surface area contributed by atoms with Gasteiger partial charge in [0.05, 0.1) is 6.54 Å². The largest absolute Gasteiger partial charge is 0.470 e. The number of aromatic nitrogens is 3. The number of pyridine rings is 1. The van der Waals surface area contributed by atoms with E-state index in [-0.39, 0.29) is 23.6 Å². The topological polar surface area (TPSA) is 92.0 Å². The molecule has 0 aliphatic carbocycles. The molecule has 128 valence electrons. The third kappa shape index (κ3) is 2.93. The lowest BCUT2D eigenvalue weighted by Crippen LogP contribution is -2.31. The maximum atomic E-state index is 12.9. The zero-order valence-electron chi connectivity index (χ0n) is 13.9. The van der Waals surface area contributed by atoms with E-state index in [1.807, 2.05) is 36.4 Å². The van der Waals surface area contributed by atoms with Gasteiger partial charge in [-0.15, -0.1) is 0 Å². The first-order chi connectivity index (χ1) is 12.8. The van der Waals surface area contributed by atoms with Gasteiger partial charge in [-0.05, 0) is 11.5 Å². The molecule has 1 amide bonds. The van der Waals surface area contributed by atoms with E-state index in [0.717, 1.165) is 10.8 Å². The van der Waals surface area contributed by atoms with E-state index in [9.17, 15) is 4.79 Å². The summed E-state index contributed by atoms with van der Waals surface area (Å²) in [6.45, 7) is 0.988. The van der Waals surface area contributed by atoms with Gasteiger partial charge in [0.1, 0.15) is 17.9 Å². The Labute approximate surface area is 149 Å². The molecule has 26 heavy (non-hydrogen) atoms. The van der Waals surface area contributed by atoms with Crippen LogP contribution in [0, 0.1) is 11.3 Å². The minimum atomic E-state index is -0.224. The van der Waals surface area contributed by atoms with Gasteiger partial charge in [-0.25, -0.2) is 9.97 Å². The first-order valence-corrected chi connectivity index (χ1v) is 8.27. The fourth-order valence-electron chi connectivity index (χ4n) is 3.09. The molecule has 0 N–H and O–H groups in total. The van der Waals surface area contributed by atoms with Crippen molar-refractivity contribution in [2.45, 2.75) is 12.5 Å². The van der Waals surface area contributed by atoms with Gasteiger partial charge in [0.2, 0.25) is 5.69 Å². The van der Waals surface area contributed by atoms with Crippen molar-refractivity contribution in [3.63, 3.8) is 0 Å². The van der Waals surface area contributed by atoms with Crippen LogP contribution in [0.15, 0.2) is 48.9 Å². The van der Waals surface area contributed by atoms with Gasteiger partial charge >= 0.3 is 0 Å². The van der Waals surface area contributed by atoms with Crippen LogP contribution < -0.4 is 4.74 Å². The van der Waals surface area contributed by atoms with E-state index >= 15 is 0 Å². The van der Waals surface area contributed by atoms with Crippen molar-refractivity contribution in [1.29, 1.82) is 5.26 Å². The van der Waals surface area contributed by atoms with Crippen molar-refractivity contribution in [3.8, 4) is 11.9 Å². The summed E-state index contributed by atoms with van der Waals surface area (Å²) in [4.78, 5) is 26.9. The molecule has 2 aromatic heterocycles. The third-order valence-corrected chi connectivity index (χ3v) is 4.36. The monoisotopic (exact) mass is 345 g/mol. The van der Waals surface area contributed by atoms with E-state index < -0.39 is 0 Å². The lowest BCUT2D eigenvalue weighted by Gasteiger charge is -2.17. The van der Waals surface area contributed by atoms with Crippen molar-refractivity contribution in [2.75, 3.05) is 13.1 Å². The molecule has 3 aromatic rings. The molecule has 1 fully saturated rings. The maximum absolute atomic E-state index is 12.9. The Kier molecular flexibility index (Phi) is 4.15. The summed E-state index contributed by atoms with van der Waals surface area (Å²) in [5, 5.41) is 10.9. The van der Waals surface area contributed by atoms with Crippen LogP contribution in [-0.2, 0) is 0 Å². The van der Waals surface area contributed by atoms with E-state index in [1.54, 1.807) is 11.1 Å². The van der Waals surface area contributed by atoms with E-state index in [4.69, 9.17) is 10.00 Å². The van der Waals surface area contributed by atoms with Crippen LogP contribution in [0.5, 0.6) is 5.88 Å². The quantitative estimate of drug-likeness (QED) is 0.722. The molecule has 0 saturated carbocycles. The Morgan fingerprint density at radius 2 is 2.00 bits per heavy atom. The zero-order chi connectivity index (χ0) is 17.9. The van der Waals surface area contributed by atoms with Crippen molar-refractivity contribution in [3.05, 3.63) is 60.3 Å². The second-order valence-electron chi connectivity index (χ2n) is 5.98. The number of hydrogen-bond donors (Lipinski definition) is 0. The number of rotatable bonds is 3. The number of nitrogens with zero attached hydrogens (tertiary/aromatic N) is 5. The summed E-state index contributed by atoms with van der Waals surface area (Å²) in [6, 6.07) is 11.5. The standard InChI is InChI=1S/C19H15N5O2/c20-11-16-18(23-9-8-21-16)26-14-6-10-24(12-14)19(25)17-15-4-2-1-3-13(15)5-7-22-17/h1-5,7-9,14H,6,10,12H2. The normalized spacial score (nSPS) is 16.4. The molecule has 1 aliphatic heterocycles. The van der Waals surface area contributed by atoms with Gasteiger partial charge in [-0.1, -0.05) is 24.3 Å². The number of carbonyl (C=O) groups is 1. The van der Waals surface area contributed by atoms with Crippen LogP contribution in [0.1, 0.15) is 22.6 Å². The summed E-state index contributed by atoms with van der Waals surface area (Å²) in [5.41, 5.74) is 0.592. The van der Waals surface area contributed by atoms with E-state index in [1.165, 1.54) is 12.4 Å². The summed E-state index contributed by atoms with van der Waals surface area (Å²) in [7, 11) is 0. The number of nitriles is 1. The first kappa shape index (κ1) is 16.0. The molecule has 4 rings (SSSR count). The van der Waals surface area contributed by atoms with Gasteiger partial charge in [-0.3, -0.25) is 9.78 Å². The van der Waals surface area contributed by atoms with Gasteiger partial charge in [-0.2, -0.15) is 5.26 Å². The smallest absolute Gasteiger partial charge is 0.273 e. The number of amides is 1. The molecule has 1 atom stereocenters. The predicted octanol–water partition coefficient (Wildman–Crippen LogP) is 2.19.